The molecule has 28 heavy (non-hydrogen) atoms. The van der Waals surface area contributed by atoms with Crippen molar-refractivity contribution >= 4 is 10.0 Å². The largest absolute Gasteiger partial charge is 0.497 e. The Morgan fingerprint density at radius 3 is 2.43 bits per heavy atom. The number of sulfonamides is 1. The standard InChI is InChI=1S/C21H22N2O4S/c1-26-16-10-11-20(27-2)18(15-16)21-19-9-6-12-22(19)13-14-23(21)28(24,25)17-7-4-3-5-8-17/h3-12,15,21H,13-14H2,1-2H3. The van der Waals surface area contributed by atoms with Crippen LogP contribution in [0.3, 0.4) is 0 Å². The Hall–Kier alpha value is -2.77. The number of methoxy groups -OCH3 is 2. The quantitative estimate of drug-likeness (QED) is 0.662. The Morgan fingerprint density at radius 1 is 0.929 bits per heavy atom. The van der Waals surface area contributed by atoms with Crippen LogP contribution in [0, 0.1) is 0 Å². The van der Waals surface area contributed by atoms with Gasteiger partial charge >= 0.3 is 0 Å². The van der Waals surface area contributed by atoms with E-state index >= 15 is 0 Å². The third-order valence-electron chi connectivity index (χ3n) is 5.08. The maximum atomic E-state index is 13.5. The summed E-state index contributed by atoms with van der Waals surface area (Å²) in [6, 6.07) is 17.4. The molecule has 2 aromatic carbocycles. The van der Waals surface area contributed by atoms with Crippen molar-refractivity contribution < 1.29 is 17.9 Å². The van der Waals surface area contributed by atoms with Crippen LogP contribution in [-0.2, 0) is 16.6 Å². The lowest BCUT2D eigenvalue weighted by Gasteiger charge is -2.37. The van der Waals surface area contributed by atoms with E-state index in [1.165, 1.54) is 0 Å². The predicted molar refractivity (Wildman–Crippen MR) is 106 cm³/mol. The van der Waals surface area contributed by atoms with E-state index in [0.717, 1.165) is 11.3 Å². The maximum Gasteiger partial charge on any atom is 0.244 e. The average Bonchev–Trinajstić information content (AvgIpc) is 3.22. The number of nitrogens with zero attached hydrogens (tertiary/aromatic N) is 2. The monoisotopic (exact) mass is 398 g/mol. The number of benzene rings is 2. The van der Waals surface area contributed by atoms with E-state index in [4.69, 9.17) is 9.47 Å². The SMILES string of the molecule is COc1ccc(OC)c(C2c3cccn3CCN2S(=O)(=O)c2ccccc2)c1. The minimum atomic E-state index is -3.70. The Balaban J connectivity index is 1.91. The van der Waals surface area contributed by atoms with Crippen LogP contribution in [0.25, 0.3) is 0 Å². The molecule has 0 aliphatic carbocycles. The van der Waals surface area contributed by atoms with Crippen LogP contribution in [-0.4, -0.2) is 38.1 Å². The lowest BCUT2D eigenvalue weighted by molar-refractivity contribution is 0.289. The van der Waals surface area contributed by atoms with E-state index in [-0.39, 0.29) is 4.90 Å². The van der Waals surface area contributed by atoms with Gasteiger partial charge in [-0.1, -0.05) is 18.2 Å². The van der Waals surface area contributed by atoms with Gasteiger partial charge in [-0.05, 0) is 42.5 Å². The van der Waals surface area contributed by atoms with Crippen molar-refractivity contribution in [1.29, 1.82) is 0 Å². The minimum Gasteiger partial charge on any atom is -0.497 e. The Labute approximate surface area is 165 Å². The molecule has 2 heterocycles. The maximum absolute atomic E-state index is 13.5. The van der Waals surface area contributed by atoms with Gasteiger partial charge in [0.25, 0.3) is 0 Å². The van der Waals surface area contributed by atoms with Gasteiger partial charge in [0.1, 0.15) is 11.5 Å². The molecule has 0 N–H and O–H groups in total. The highest BCUT2D eigenvalue weighted by molar-refractivity contribution is 7.89. The molecular weight excluding hydrogens is 376 g/mol. The van der Waals surface area contributed by atoms with Gasteiger partial charge in [0.05, 0.1) is 25.2 Å². The Morgan fingerprint density at radius 2 is 1.71 bits per heavy atom. The molecule has 0 fully saturated rings. The molecule has 1 atom stereocenters. The summed E-state index contributed by atoms with van der Waals surface area (Å²) >= 11 is 0. The van der Waals surface area contributed by atoms with E-state index in [0.29, 0.717) is 24.6 Å². The van der Waals surface area contributed by atoms with Crippen molar-refractivity contribution in [2.24, 2.45) is 0 Å². The lowest BCUT2D eigenvalue weighted by atomic mass is 10.0. The molecule has 0 bridgehead atoms. The van der Waals surface area contributed by atoms with Gasteiger partial charge < -0.3 is 14.0 Å². The predicted octanol–water partition coefficient (Wildman–Crippen LogP) is 3.30. The van der Waals surface area contributed by atoms with Gasteiger partial charge in [-0.15, -0.1) is 0 Å². The number of fused-ring (bicyclic) bond motifs is 1. The van der Waals surface area contributed by atoms with Crippen molar-refractivity contribution in [2.75, 3.05) is 20.8 Å². The van der Waals surface area contributed by atoms with Crippen molar-refractivity contribution in [1.82, 2.24) is 8.87 Å². The fourth-order valence-corrected chi connectivity index (χ4v) is 5.31. The molecule has 1 unspecified atom stereocenters. The van der Waals surface area contributed by atoms with Gasteiger partial charge in [0.15, 0.2) is 0 Å². The molecule has 0 amide bonds. The third-order valence-corrected chi connectivity index (χ3v) is 6.95. The summed E-state index contributed by atoms with van der Waals surface area (Å²) < 4.78 is 41.6. The number of hydrogen-bond donors (Lipinski definition) is 0. The van der Waals surface area contributed by atoms with E-state index in [1.807, 2.05) is 36.5 Å². The third kappa shape index (κ3) is 3.06. The molecule has 1 aliphatic heterocycles. The molecule has 1 aromatic heterocycles. The number of aromatic nitrogens is 1. The molecule has 0 saturated heterocycles. The highest BCUT2D eigenvalue weighted by atomic mass is 32.2. The molecular formula is C21H22N2O4S. The first-order valence-corrected chi connectivity index (χ1v) is 10.4. The molecule has 1 aliphatic rings. The summed E-state index contributed by atoms with van der Waals surface area (Å²) in [7, 11) is -0.523. The number of hydrogen-bond acceptors (Lipinski definition) is 4. The molecule has 0 radical (unpaired) electrons. The van der Waals surface area contributed by atoms with Crippen LogP contribution in [0.4, 0.5) is 0 Å². The molecule has 0 spiro atoms. The van der Waals surface area contributed by atoms with Gasteiger partial charge in [-0.3, -0.25) is 0 Å². The lowest BCUT2D eigenvalue weighted by Crippen LogP contribution is -2.42. The van der Waals surface area contributed by atoms with Crippen molar-refractivity contribution in [3.05, 3.63) is 78.1 Å². The molecule has 146 valence electrons. The van der Waals surface area contributed by atoms with Crippen LogP contribution in [0.5, 0.6) is 11.5 Å². The summed E-state index contributed by atoms with van der Waals surface area (Å²) in [6.45, 7) is 0.959. The van der Waals surface area contributed by atoms with Crippen LogP contribution >= 0.6 is 0 Å². The number of ether oxygens (including phenoxy) is 2. The summed E-state index contributed by atoms with van der Waals surface area (Å²) in [6.07, 6.45) is 1.97. The summed E-state index contributed by atoms with van der Waals surface area (Å²) in [4.78, 5) is 0.280. The van der Waals surface area contributed by atoms with E-state index in [9.17, 15) is 8.42 Å². The smallest absolute Gasteiger partial charge is 0.244 e. The van der Waals surface area contributed by atoms with E-state index < -0.39 is 16.1 Å². The van der Waals surface area contributed by atoms with Crippen LogP contribution in [0.2, 0.25) is 0 Å². The van der Waals surface area contributed by atoms with E-state index in [1.54, 1.807) is 48.9 Å². The molecule has 0 saturated carbocycles. The molecule has 3 aromatic rings. The van der Waals surface area contributed by atoms with E-state index in [2.05, 4.69) is 4.57 Å². The van der Waals surface area contributed by atoms with Gasteiger partial charge in [0.2, 0.25) is 10.0 Å². The zero-order chi connectivity index (χ0) is 19.7. The molecule has 4 rings (SSSR count). The van der Waals surface area contributed by atoms with Gasteiger partial charge in [-0.25, -0.2) is 8.42 Å². The first-order valence-electron chi connectivity index (χ1n) is 9.00. The average molecular weight is 398 g/mol. The molecule has 7 heteroatoms. The summed E-state index contributed by atoms with van der Waals surface area (Å²) in [5.74, 6) is 1.27. The minimum absolute atomic E-state index is 0.280. The Kier molecular flexibility index (Phi) is 4.87. The topological polar surface area (TPSA) is 60.8 Å². The highest BCUT2D eigenvalue weighted by Crippen LogP contribution is 2.41. The zero-order valence-electron chi connectivity index (χ0n) is 15.8. The van der Waals surface area contributed by atoms with Crippen LogP contribution < -0.4 is 9.47 Å². The first-order chi connectivity index (χ1) is 13.6. The highest BCUT2D eigenvalue weighted by Gasteiger charge is 2.39. The normalized spacial score (nSPS) is 17.1. The first kappa shape index (κ1) is 18.6. The second-order valence-electron chi connectivity index (χ2n) is 6.57. The fourth-order valence-electron chi connectivity index (χ4n) is 3.72. The van der Waals surface area contributed by atoms with Crippen molar-refractivity contribution in [3.63, 3.8) is 0 Å². The summed E-state index contributed by atoms with van der Waals surface area (Å²) in [5, 5.41) is 0. The van der Waals surface area contributed by atoms with Crippen molar-refractivity contribution in [2.45, 2.75) is 17.5 Å². The summed E-state index contributed by atoms with van der Waals surface area (Å²) in [5.41, 5.74) is 1.65. The zero-order valence-corrected chi connectivity index (χ0v) is 16.6. The second kappa shape index (κ2) is 7.33. The van der Waals surface area contributed by atoms with Crippen molar-refractivity contribution in [3.8, 4) is 11.5 Å². The fraction of sp³-hybridized carbons (Fsp3) is 0.238. The van der Waals surface area contributed by atoms with Gasteiger partial charge in [-0.2, -0.15) is 4.31 Å². The molecule has 6 nitrogen and oxygen atoms in total. The Bertz CT molecular complexity index is 1080. The van der Waals surface area contributed by atoms with Gasteiger partial charge in [0, 0.05) is 30.5 Å². The number of rotatable bonds is 5. The van der Waals surface area contributed by atoms with Crippen LogP contribution in [0.15, 0.2) is 71.8 Å². The second-order valence-corrected chi connectivity index (χ2v) is 8.46. The van der Waals surface area contributed by atoms with Crippen LogP contribution in [0.1, 0.15) is 17.3 Å².